The molecule has 0 radical (unpaired) electrons. The number of carboxylic acid groups (broad SMARTS) is 1. The molecule has 0 saturated heterocycles. The lowest BCUT2D eigenvalue weighted by Crippen LogP contribution is -2.42. The van der Waals surface area contributed by atoms with Crippen molar-refractivity contribution in [1.29, 1.82) is 0 Å². The van der Waals surface area contributed by atoms with Gasteiger partial charge in [0.15, 0.2) is 6.04 Å². The summed E-state index contributed by atoms with van der Waals surface area (Å²) in [6, 6.07) is 7.06. The number of nitrogens with one attached hydrogen (secondary N) is 2. The maximum atomic E-state index is 11.6. The maximum Gasteiger partial charge on any atom is 0.330 e. The maximum absolute atomic E-state index is 11.6. The van der Waals surface area contributed by atoms with Crippen LogP contribution >= 0.6 is 0 Å². The van der Waals surface area contributed by atoms with Crippen molar-refractivity contribution in [3.05, 3.63) is 35.9 Å². The molecule has 6 nitrogen and oxygen atoms in total. The van der Waals surface area contributed by atoms with Crippen LogP contribution in [-0.2, 0) is 4.79 Å². The normalized spacial score (nSPS) is 11.9. The smallest absolute Gasteiger partial charge is 0.330 e. The number of urea groups is 1. The predicted molar refractivity (Wildman–Crippen MR) is 71.9 cm³/mol. The van der Waals surface area contributed by atoms with Crippen LogP contribution in [0.1, 0.15) is 11.6 Å². The highest BCUT2D eigenvalue weighted by atomic mass is 16.4. The van der Waals surface area contributed by atoms with E-state index in [4.69, 9.17) is 5.11 Å². The topological polar surface area (TPSA) is 81.7 Å². The van der Waals surface area contributed by atoms with Crippen LogP contribution in [0, 0.1) is 0 Å². The van der Waals surface area contributed by atoms with Crippen molar-refractivity contribution < 1.29 is 14.7 Å². The van der Waals surface area contributed by atoms with Gasteiger partial charge in [0.25, 0.3) is 0 Å². The van der Waals surface area contributed by atoms with E-state index < -0.39 is 18.0 Å². The number of nitrogens with zero attached hydrogens (tertiary/aromatic N) is 1. The molecule has 0 aliphatic carbocycles. The van der Waals surface area contributed by atoms with E-state index in [9.17, 15) is 9.59 Å². The SMILES string of the molecule is CN(C)CCNC(=O)N[C@@H](C(=O)O)c1ccccc1. The average Bonchev–Trinajstić information content (AvgIpc) is 2.36. The first kappa shape index (κ1) is 15.0. The summed E-state index contributed by atoms with van der Waals surface area (Å²) >= 11 is 0. The van der Waals surface area contributed by atoms with Crippen LogP contribution in [0.15, 0.2) is 30.3 Å². The molecule has 0 heterocycles. The van der Waals surface area contributed by atoms with Crippen LogP contribution in [-0.4, -0.2) is 49.2 Å². The largest absolute Gasteiger partial charge is 0.479 e. The van der Waals surface area contributed by atoms with Gasteiger partial charge in [-0.05, 0) is 19.7 Å². The van der Waals surface area contributed by atoms with E-state index in [1.54, 1.807) is 30.3 Å². The van der Waals surface area contributed by atoms with Crippen molar-refractivity contribution in [2.45, 2.75) is 6.04 Å². The van der Waals surface area contributed by atoms with Gasteiger partial charge >= 0.3 is 12.0 Å². The van der Waals surface area contributed by atoms with Crippen LogP contribution in [0.3, 0.4) is 0 Å². The molecule has 0 fully saturated rings. The van der Waals surface area contributed by atoms with Crippen LogP contribution in [0.5, 0.6) is 0 Å². The van der Waals surface area contributed by atoms with Crippen molar-refractivity contribution in [2.24, 2.45) is 0 Å². The van der Waals surface area contributed by atoms with Gasteiger partial charge in [0, 0.05) is 13.1 Å². The van der Waals surface area contributed by atoms with Gasteiger partial charge in [0.1, 0.15) is 0 Å². The molecule has 0 aliphatic heterocycles. The molecule has 1 rings (SSSR count). The highest BCUT2D eigenvalue weighted by Crippen LogP contribution is 2.12. The third-order valence-electron chi connectivity index (χ3n) is 2.50. The number of carbonyl (C=O) groups is 2. The van der Waals surface area contributed by atoms with Crippen molar-refractivity contribution in [1.82, 2.24) is 15.5 Å². The predicted octanol–water partition coefficient (Wildman–Crippen LogP) is 0.673. The number of aliphatic carboxylic acids is 1. The quantitative estimate of drug-likeness (QED) is 0.706. The third kappa shape index (κ3) is 5.39. The molecular weight excluding hydrogens is 246 g/mol. The summed E-state index contributed by atoms with van der Waals surface area (Å²) in [5, 5.41) is 14.2. The van der Waals surface area contributed by atoms with Gasteiger partial charge in [0.2, 0.25) is 0 Å². The summed E-state index contributed by atoms with van der Waals surface area (Å²) in [5.74, 6) is -1.09. The first-order valence-corrected chi connectivity index (χ1v) is 5.97. The second kappa shape index (κ2) is 7.38. The average molecular weight is 265 g/mol. The molecule has 6 heteroatoms. The molecule has 1 atom stereocenters. The summed E-state index contributed by atoms with van der Waals surface area (Å²) in [5.41, 5.74) is 0.540. The molecule has 0 unspecified atom stereocenters. The molecule has 1 aromatic rings. The fraction of sp³-hybridized carbons (Fsp3) is 0.385. The van der Waals surface area contributed by atoms with Crippen LogP contribution in [0.25, 0.3) is 0 Å². The molecular formula is C13H19N3O3. The third-order valence-corrected chi connectivity index (χ3v) is 2.50. The first-order valence-electron chi connectivity index (χ1n) is 5.97. The second-order valence-electron chi connectivity index (χ2n) is 4.39. The van der Waals surface area contributed by atoms with Crippen molar-refractivity contribution >= 4 is 12.0 Å². The summed E-state index contributed by atoms with van der Waals surface area (Å²) < 4.78 is 0. The molecule has 2 amide bonds. The van der Waals surface area contributed by atoms with Crippen molar-refractivity contribution in [3.63, 3.8) is 0 Å². The molecule has 104 valence electrons. The first-order chi connectivity index (χ1) is 9.00. The zero-order chi connectivity index (χ0) is 14.3. The molecule has 0 spiro atoms. The summed E-state index contributed by atoms with van der Waals surface area (Å²) in [6.07, 6.45) is 0. The Morgan fingerprint density at radius 3 is 2.42 bits per heavy atom. The van der Waals surface area contributed by atoms with E-state index in [0.29, 0.717) is 18.7 Å². The van der Waals surface area contributed by atoms with Crippen LogP contribution in [0.2, 0.25) is 0 Å². The van der Waals surface area contributed by atoms with E-state index in [1.165, 1.54) is 0 Å². The van der Waals surface area contributed by atoms with E-state index in [2.05, 4.69) is 10.6 Å². The number of hydrogen-bond acceptors (Lipinski definition) is 3. The molecule has 0 saturated carbocycles. The van der Waals surface area contributed by atoms with E-state index in [0.717, 1.165) is 0 Å². The van der Waals surface area contributed by atoms with Gasteiger partial charge in [-0.1, -0.05) is 30.3 Å². The summed E-state index contributed by atoms with van der Waals surface area (Å²) in [6.45, 7) is 1.15. The Labute approximate surface area is 112 Å². The van der Waals surface area contributed by atoms with Crippen LogP contribution < -0.4 is 10.6 Å². The highest BCUT2D eigenvalue weighted by Gasteiger charge is 2.21. The van der Waals surface area contributed by atoms with Crippen molar-refractivity contribution in [2.75, 3.05) is 27.2 Å². The molecule has 1 aromatic carbocycles. The Hall–Kier alpha value is -2.08. The zero-order valence-electron chi connectivity index (χ0n) is 11.1. The molecule has 19 heavy (non-hydrogen) atoms. The second-order valence-corrected chi connectivity index (χ2v) is 4.39. The number of benzene rings is 1. The monoisotopic (exact) mass is 265 g/mol. The molecule has 0 bridgehead atoms. The Balaban J connectivity index is 2.55. The number of hydrogen-bond donors (Lipinski definition) is 3. The van der Waals surface area contributed by atoms with E-state index in [-0.39, 0.29) is 0 Å². The Kier molecular flexibility index (Phi) is 5.81. The van der Waals surface area contributed by atoms with Gasteiger partial charge < -0.3 is 20.6 Å². The van der Waals surface area contributed by atoms with Gasteiger partial charge in [-0.15, -0.1) is 0 Å². The van der Waals surface area contributed by atoms with Gasteiger partial charge in [-0.2, -0.15) is 0 Å². The standard InChI is InChI=1S/C13H19N3O3/c1-16(2)9-8-14-13(19)15-11(12(17)18)10-6-4-3-5-7-10/h3-7,11H,8-9H2,1-2H3,(H,17,18)(H2,14,15,19)/t11-/m1/s1. The lowest BCUT2D eigenvalue weighted by Gasteiger charge is -2.16. The number of amides is 2. The number of rotatable bonds is 6. The number of likely N-dealkylation sites (N-methyl/N-ethyl adjacent to an activating group) is 1. The van der Waals surface area contributed by atoms with E-state index >= 15 is 0 Å². The van der Waals surface area contributed by atoms with Gasteiger partial charge in [-0.3, -0.25) is 0 Å². The lowest BCUT2D eigenvalue weighted by molar-refractivity contribution is -0.139. The Morgan fingerprint density at radius 2 is 1.89 bits per heavy atom. The minimum absolute atomic E-state index is 0.458. The lowest BCUT2D eigenvalue weighted by atomic mass is 10.1. The summed E-state index contributed by atoms with van der Waals surface area (Å²) in [7, 11) is 3.78. The molecule has 0 aliphatic rings. The molecule has 3 N–H and O–H groups in total. The van der Waals surface area contributed by atoms with Gasteiger partial charge in [-0.25, -0.2) is 9.59 Å². The fourth-order valence-electron chi connectivity index (χ4n) is 1.51. The van der Waals surface area contributed by atoms with Crippen LogP contribution in [0.4, 0.5) is 4.79 Å². The minimum Gasteiger partial charge on any atom is -0.479 e. The van der Waals surface area contributed by atoms with Crippen molar-refractivity contribution in [3.8, 4) is 0 Å². The zero-order valence-corrected chi connectivity index (χ0v) is 11.1. The number of carbonyl (C=O) groups excluding carboxylic acids is 1. The minimum atomic E-state index is -1.09. The highest BCUT2D eigenvalue weighted by molar-refractivity contribution is 5.83. The fourth-order valence-corrected chi connectivity index (χ4v) is 1.51. The Morgan fingerprint density at radius 1 is 1.26 bits per heavy atom. The van der Waals surface area contributed by atoms with E-state index in [1.807, 2.05) is 19.0 Å². The van der Waals surface area contributed by atoms with Gasteiger partial charge in [0.05, 0.1) is 0 Å². The number of carboxylic acids is 1. The summed E-state index contributed by atoms with van der Waals surface area (Å²) in [4.78, 5) is 24.7. The Bertz CT molecular complexity index is 420. The molecule has 0 aromatic heterocycles.